The molecule has 0 aliphatic rings. The Kier molecular flexibility index (Phi) is 4.42. The predicted octanol–water partition coefficient (Wildman–Crippen LogP) is 4.32. The number of benzene rings is 1. The number of thiazole rings is 1. The highest BCUT2D eigenvalue weighted by Crippen LogP contribution is 2.31. The van der Waals surface area contributed by atoms with E-state index in [1.807, 2.05) is 0 Å². The number of aryl methyl sites for hydroxylation is 1. The second-order valence-electron chi connectivity index (χ2n) is 3.57. The number of rotatable bonds is 3. The summed E-state index contributed by atoms with van der Waals surface area (Å²) < 4.78 is 27.8. The van der Waals surface area contributed by atoms with E-state index in [0.717, 1.165) is 11.3 Å². The van der Waals surface area contributed by atoms with Gasteiger partial charge in [0.25, 0.3) is 10.0 Å². The van der Waals surface area contributed by atoms with Crippen molar-refractivity contribution in [2.75, 3.05) is 4.72 Å². The molecule has 2 rings (SSSR count). The summed E-state index contributed by atoms with van der Waals surface area (Å²) in [6, 6.07) is 4.83. The standard InChI is InChI=1S/C10H7BrCl2N2O2S2/c1-5-9(18-10(13)14-5)19(16,17)15-8-4-6(12)2-3-7(8)11/h2-4,15H,1H3. The van der Waals surface area contributed by atoms with Crippen molar-refractivity contribution in [3.8, 4) is 0 Å². The molecule has 1 N–H and O–H groups in total. The van der Waals surface area contributed by atoms with Crippen LogP contribution in [0.25, 0.3) is 0 Å². The number of halogens is 3. The highest BCUT2D eigenvalue weighted by Gasteiger charge is 2.22. The number of sulfonamides is 1. The largest absolute Gasteiger partial charge is 0.278 e. The molecule has 9 heteroatoms. The molecule has 0 spiro atoms. The molecule has 0 aliphatic carbocycles. The Balaban J connectivity index is 2.42. The van der Waals surface area contributed by atoms with Gasteiger partial charge in [-0.15, -0.1) is 0 Å². The topological polar surface area (TPSA) is 59.1 Å². The normalized spacial score (nSPS) is 11.6. The van der Waals surface area contributed by atoms with Crippen molar-refractivity contribution in [3.63, 3.8) is 0 Å². The molecule has 2 aromatic rings. The van der Waals surface area contributed by atoms with Crippen LogP contribution in [0, 0.1) is 6.92 Å². The Morgan fingerprint density at radius 3 is 2.63 bits per heavy atom. The molecule has 0 unspecified atom stereocenters. The summed E-state index contributed by atoms with van der Waals surface area (Å²) in [5, 5.41) is 0.431. The number of anilines is 1. The summed E-state index contributed by atoms with van der Waals surface area (Å²) in [6.07, 6.45) is 0. The van der Waals surface area contributed by atoms with E-state index >= 15 is 0 Å². The number of hydrogen-bond donors (Lipinski definition) is 1. The van der Waals surface area contributed by atoms with E-state index in [2.05, 4.69) is 25.6 Å². The van der Waals surface area contributed by atoms with Crippen molar-refractivity contribution in [2.45, 2.75) is 11.1 Å². The molecule has 0 atom stereocenters. The van der Waals surface area contributed by atoms with Crippen molar-refractivity contribution in [1.82, 2.24) is 4.98 Å². The molecule has 0 bridgehead atoms. The molecule has 4 nitrogen and oxygen atoms in total. The third kappa shape index (κ3) is 3.41. The Labute approximate surface area is 132 Å². The highest BCUT2D eigenvalue weighted by molar-refractivity contribution is 9.10. The quantitative estimate of drug-likeness (QED) is 0.832. The fourth-order valence-electron chi connectivity index (χ4n) is 1.37. The first kappa shape index (κ1) is 15.1. The van der Waals surface area contributed by atoms with Crippen LogP contribution in [0.5, 0.6) is 0 Å². The molecule has 0 amide bonds. The maximum atomic E-state index is 12.2. The Hall–Kier alpha value is -0.340. The van der Waals surface area contributed by atoms with Crippen molar-refractivity contribution < 1.29 is 8.42 Å². The van der Waals surface area contributed by atoms with E-state index < -0.39 is 10.0 Å². The average Bonchev–Trinajstić information content (AvgIpc) is 2.63. The number of nitrogens with zero attached hydrogens (tertiary/aromatic N) is 1. The molecular weight excluding hydrogens is 395 g/mol. The summed E-state index contributed by atoms with van der Waals surface area (Å²) in [5.74, 6) is 0. The Morgan fingerprint density at radius 2 is 2.05 bits per heavy atom. The maximum Gasteiger partial charge on any atom is 0.273 e. The second kappa shape index (κ2) is 5.57. The molecule has 1 aromatic heterocycles. The van der Waals surface area contributed by atoms with Crippen LogP contribution in [0.1, 0.15) is 5.69 Å². The smallest absolute Gasteiger partial charge is 0.273 e. The minimum Gasteiger partial charge on any atom is -0.278 e. The van der Waals surface area contributed by atoms with Gasteiger partial charge < -0.3 is 0 Å². The van der Waals surface area contributed by atoms with Gasteiger partial charge in [-0.3, -0.25) is 4.72 Å². The van der Waals surface area contributed by atoms with Crippen LogP contribution < -0.4 is 4.72 Å². The van der Waals surface area contributed by atoms with Gasteiger partial charge in [-0.2, -0.15) is 0 Å². The third-order valence-corrected chi connectivity index (χ3v) is 6.31. The van der Waals surface area contributed by atoms with Gasteiger partial charge in [0.1, 0.15) is 0 Å². The molecule has 102 valence electrons. The molecule has 19 heavy (non-hydrogen) atoms. The lowest BCUT2D eigenvalue weighted by Gasteiger charge is -2.09. The van der Waals surface area contributed by atoms with Gasteiger partial charge >= 0.3 is 0 Å². The monoisotopic (exact) mass is 400 g/mol. The van der Waals surface area contributed by atoms with Crippen LogP contribution in [0.15, 0.2) is 26.9 Å². The second-order valence-corrected chi connectivity index (χ2v) is 8.32. The summed E-state index contributed by atoms with van der Waals surface area (Å²) >= 11 is 15.7. The van der Waals surface area contributed by atoms with Gasteiger partial charge in [-0.1, -0.05) is 34.5 Å². The summed E-state index contributed by atoms with van der Waals surface area (Å²) in [6.45, 7) is 1.59. The zero-order valence-corrected chi connectivity index (χ0v) is 14.2. The summed E-state index contributed by atoms with van der Waals surface area (Å²) in [7, 11) is -3.73. The molecule has 0 saturated heterocycles. The zero-order chi connectivity index (χ0) is 14.2. The number of nitrogens with one attached hydrogen (secondary N) is 1. The molecule has 0 fully saturated rings. The minimum atomic E-state index is -3.73. The van der Waals surface area contributed by atoms with Gasteiger partial charge in [0, 0.05) is 9.50 Å². The molecule has 1 aromatic carbocycles. The predicted molar refractivity (Wildman–Crippen MR) is 81.8 cm³/mol. The van der Waals surface area contributed by atoms with E-state index in [4.69, 9.17) is 23.2 Å². The first-order valence-electron chi connectivity index (χ1n) is 4.90. The van der Waals surface area contributed by atoms with Crippen LogP contribution in [0.2, 0.25) is 9.49 Å². The molecule has 1 heterocycles. The SMILES string of the molecule is Cc1nc(Cl)sc1S(=O)(=O)Nc1cc(Cl)ccc1Br. The summed E-state index contributed by atoms with van der Waals surface area (Å²) in [5.41, 5.74) is 0.720. The van der Waals surface area contributed by atoms with Crippen molar-refractivity contribution >= 4 is 66.2 Å². The van der Waals surface area contributed by atoms with E-state index in [-0.39, 0.29) is 8.68 Å². The fraction of sp³-hybridized carbons (Fsp3) is 0.100. The van der Waals surface area contributed by atoms with Crippen LogP contribution in [0.3, 0.4) is 0 Å². The van der Waals surface area contributed by atoms with Gasteiger partial charge in [-0.05, 0) is 41.1 Å². The highest BCUT2D eigenvalue weighted by atomic mass is 79.9. The third-order valence-electron chi connectivity index (χ3n) is 2.14. The molecule has 0 radical (unpaired) electrons. The Morgan fingerprint density at radius 1 is 1.37 bits per heavy atom. The van der Waals surface area contributed by atoms with Crippen molar-refractivity contribution in [1.29, 1.82) is 0 Å². The first-order chi connectivity index (χ1) is 8.79. The lowest BCUT2D eigenvalue weighted by molar-refractivity contribution is 0.602. The van der Waals surface area contributed by atoms with Gasteiger partial charge in [0.2, 0.25) is 0 Å². The number of hydrogen-bond acceptors (Lipinski definition) is 4. The van der Waals surface area contributed by atoms with Gasteiger partial charge in [0.05, 0.1) is 11.4 Å². The maximum absolute atomic E-state index is 12.2. The lowest BCUT2D eigenvalue weighted by Crippen LogP contribution is -2.13. The van der Waals surface area contributed by atoms with Crippen LogP contribution in [-0.2, 0) is 10.0 Å². The molecular formula is C10H7BrCl2N2O2S2. The van der Waals surface area contributed by atoms with Crippen molar-refractivity contribution in [3.05, 3.63) is 37.9 Å². The Bertz CT molecular complexity index is 731. The average molecular weight is 402 g/mol. The van der Waals surface area contributed by atoms with Crippen LogP contribution in [0.4, 0.5) is 5.69 Å². The van der Waals surface area contributed by atoms with E-state index in [9.17, 15) is 8.42 Å². The fourth-order valence-corrected chi connectivity index (χ4v) is 4.83. The van der Waals surface area contributed by atoms with E-state index in [1.165, 1.54) is 6.07 Å². The van der Waals surface area contributed by atoms with Crippen LogP contribution >= 0.6 is 50.5 Å². The number of aromatic nitrogens is 1. The first-order valence-corrected chi connectivity index (χ1v) is 8.75. The molecule has 0 saturated carbocycles. The van der Waals surface area contributed by atoms with Gasteiger partial charge in [-0.25, -0.2) is 13.4 Å². The van der Waals surface area contributed by atoms with Gasteiger partial charge in [0.15, 0.2) is 8.68 Å². The minimum absolute atomic E-state index is 0.0874. The van der Waals surface area contributed by atoms with E-state index in [0.29, 0.717) is 20.9 Å². The zero-order valence-electron chi connectivity index (χ0n) is 9.45. The summed E-state index contributed by atoms with van der Waals surface area (Å²) in [4.78, 5) is 3.89. The van der Waals surface area contributed by atoms with Crippen LogP contribution in [-0.4, -0.2) is 13.4 Å². The van der Waals surface area contributed by atoms with E-state index in [1.54, 1.807) is 19.1 Å². The van der Waals surface area contributed by atoms with Crippen molar-refractivity contribution in [2.24, 2.45) is 0 Å². The molecule has 0 aliphatic heterocycles. The lowest BCUT2D eigenvalue weighted by atomic mass is 10.3.